The molecular weight excluding hydrogens is 563 g/mol. The van der Waals surface area contributed by atoms with Crippen molar-refractivity contribution >= 4 is 95.9 Å². The minimum Gasteiger partial charge on any atom is -0.354 e. The van der Waals surface area contributed by atoms with Crippen molar-refractivity contribution < 1.29 is 0 Å². The first-order chi connectivity index (χ1) is 21.3. The number of hydrogen-bond donors (Lipinski definition) is 1. The van der Waals surface area contributed by atoms with E-state index in [1.165, 1.54) is 62.2 Å². The zero-order valence-electron chi connectivity index (χ0n) is 22.8. The van der Waals surface area contributed by atoms with Crippen molar-refractivity contribution in [2.75, 3.05) is 0 Å². The summed E-state index contributed by atoms with van der Waals surface area (Å²) in [5, 5.41) is 7.57. The van der Waals surface area contributed by atoms with E-state index in [0.717, 1.165) is 33.3 Å². The van der Waals surface area contributed by atoms with E-state index in [4.69, 9.17) is 9.97 Å². The Labute approximate surface area is 253 Å². The van der Waals surface area contributed by atoms with Gasteiger partial charge in [0, 0.05) is 62.2 Å². The predicted molar refractivity (Wildman–Crippen MR) is 186 cm³/mol. The maximum atomic E-state index is 5.15. The van der Waals surface area contributed by atoms with Crippen LogP contribution in [-0.4, -0.2) is 15.0 Å². The van der Waals surface area contributed by atoms with Crippen molar-refractivity contribution in [2.45, 2.75) is 0 Å². The second kappa shape index (κ2) is 8.71. The summed E-state index contributed by atoms with van der Waals surface area (Å²) in [5.41, 5.74) is 8.55. The number of thiophene rings is 2. The summed E-state index contributed by atoms with van der Waals surface area (Å²) < 4.78 is 5.20. The van der Waals surface area contributed by atoms with Gasteiger partial charge in [-0.3, -0.25) is 4.98 Å². The molecule has 0 spiro atoms. The fraction of sp³-hybridized carbons (Fsp3) is 0. The molecule has 0 aliphatic rings. The molecule has 4 aromatic heterocycles. The van der Waals surface area contributed by atoms with E-state index in [0.29, 0.717) is 0 Å². The van der Waals surface area contributed by atoms with Gasteiger partial charge in [0.15, 0.2) is 0 Å². The molecule has 3 nitrogen and oxygen atoms in total. The molecule has 0 radical (unpaired) electrons. The van der Waals surface area contributed by atoms with Gasteiger partial charge in [0.2, 0.25) is 0 Å². The van der Waals surface area contributed by atoms with Crippen molar-refractivity contribution in [3.63, 3.8) is 0 Å². The van der Waals surface area contributed by atoms with Crippen molar-refractivity contribution in [1.29, 1.82) is 0 Å². The van der Waals surface area contributed by atoms with Crippen LogP contribution in [0.3, 0.4) is 0 Å². The zero-order valence-corrected chi connectivity index (χ0v) is 24.4. The maximum Gasteiger partial charge on any atom is 0.0920 e. The van der Waals surface area contributed by atoms with E-state index in [-0.39, 0.29) is 0 Å². The fourth-order valence-electron chi connectivity index (χ4n) is 6.72. The average molecular weight is 584 g/mol. The molecule has 4 heterocycles. The van der Waals surface area contributed by atoms with Gasteiger partial charge in [0.1, 0.15) is 0 Å². The molecule has 0 amide bonds. The van der Waals surface area contributed by atoms with E-state index in [9.17, 15) is 0 Å². The molecule has 0 saturated heterocycles. The molecule has 6 aromatic carbocycles. The number of nitrogens with one attached hydrogen (secondary N) is 1. The van der Waals surface area contributed by atoms with Crippen molar-refractivity contribution in [3.8, 4) is 22.4 Å². The normalized spacial score (nSPS) is 12.2. The first kappa shape index (κ1) is 23.5. The summed E-state index contributed by atoms with van der Waals surface area (Å²) in [6, 6.07) is 41.4. The van der Waals surface area contributed by atoms with Crippen LogP contribution in [0.1, 0.15) is 0 Å². The lowest BCUT2D eigenvalue weighted by Gasteiger charge is -2.08. The lowest BCUT2D eigenvalue weighted by Crippen LogP contribution is -1.90. The predicted octanol–water partition coefficient (Wildman–Crippen LogP) is 11.3. The molecule has 0 aliphatic carbocycles. The number of para-hydroxylation sites is 2. The highest BCUT2D eigenvalue weighted by Crippen LogP contribution is 2.46. The highest BCUT2D eigenvalue weighted by molar-refractivity contribution is 7.26. The quantitative estimate of drug-likeness (QED) is 0.220. The molecule has 10 rings (SSSR count). The Morgan fingerprint density at radius 1 is 0.558 bits per heavy atom. The minimum absolute atomic E-state index is 0.889. The fourth-order valence-corrected chi connectivity index (χ4v) is 9.11. The molecule has 200 valence electrons. The van der Waals surface area contributed by atoms with Crippen LogP contribution >= 0.6 is 22.7 Å². The number of fused-ring (bicyclic) bond motifs is 10. The molecule has 5 heteroatoms. The van der Waals surface area contributed by atoms with Gasteiger partial charge in [-0.05, 0) is 53.6 Å². The van der Waals surface area contributed by atoms with Crippen molar-refractivity contribution in [1.82, 2.24) is 15.0 Å². The number of nitrogens with zero attached hydrogens (tertiary/aromatic N) is 2. The second-order valence-corrected chi connectivity index (χ2v) is 13.2. The van der Waals surface area contributed by atoms with Gasteiger partial charge < -0.3 is 4.98 Å². The molecular formula is C38H21N3S2. The largest absolute Gasteiger partial charge is 0.354 e. The Hall–Kier alpha value is -5.10. The third kappa shape index (κ3) is 3.35. The molecule has 0 aliphatic heterocycles. The first-order valence-electron chi connectivity index (χ1n) is 14.3. The third-order valence-electron chi connectivity index (χ3n) is 8.66. The summed E-state index contributed by atoms with van der Waals surface area (Å²) in [5.74, 6) is 0. The lowest BCUT2D eigenvalue weighted by molar-refractivity contribution is 1.30. The molecule has 0 unspecified atom stereocenters. The molecule has 0 atom stereocenters. The van der Waals surface area contributed by atoms with Gasteiger partial charge in [-0.1, -0.05) is 72.8 Å². The van der Waals surface area contributed by atoms with Crippen LogP contribution in [0.25, 0.3) is 95.6 Å². The molecule has 43 heavy (non-hydrogen) atoms. The Kier molecular flexibility index (Phi) is 4.75. The number of hydrogen-bond acceptors (Lipinski definition) is 4. The smallest absolute Gasteiger partial charge is 0.0920 e. The van der Waals surface area contributed by atoms with Crippen LogP contribution in [-0.2, 0) is 0 Å². The SMILES string of the molecule is c1ccc2nc(-c3c4[nH]c5ccc(-c6cccc7c6sc6ccccc67)cc5c4cc4sc5ccccc5c34)cnc2c1. The molecule has 1 N–H and O–H groups in total. The number of aromatic nitrogens is 3. The Morgan fingerprint density at radius 3 is 2.23 bits per heavy atom. The van der Waals surface area contributed by atoms with Crippen LogP contribution in [0.5, 0.6) is 0 Å². The molecule has 0 fully saturated rings. The van der Waals surface area contributed by atoms with E-state index in [1.54, 1.807) is 0 Å². The van der Waals surface area contributed by atoms with Crippen LogP contribution < -0.4 is 0 Å². The Morgan fingerprint density at radius 2 is 1.33 bits per heavy atom. The standard InChI is InChI=1S/C38H21N3S2/c1-5-14-32-23(8-1)24-11-7-10-22(38(24)43-32)21-16-17-28-26(18-21)27-19-34-35(25-9-2-6-15-33(25)42-34)36(37(27)41-28)31-20-39-29-12-3-4-13-30(29)40-31/h1-20,41H. The van der Waals surface area contributed by atoms with Crippen molar-refractivity contribution in [3.05, 3.63) is 121 Å². The number of H-pyrrole nitrogens is 1. The lowest BCUT2D eigenvalue weighted by atomic mass is 9.98. The Bertz CT molecular complexity index is 2750. The van der Waals surface area contributed by atoms with E-state index < -0.39 is 0 Å². The van der Waals surface area contributed by atoms with Crippen LogP contribution in [0.15, 0.2) is 121 Å². The summed E-state index contributed by atoms with van der Waals surface area (Å²) in [4.78, 5) is 13.8. The van der Waals surface area contributed by atoms with E-state index in [2.05, 4.69) is 96.0 Å². The third-order valence-corrected chi connectivity index (χ3v) is 11.0. The average Bonchev–Trinajstić information content (AvgIpc) is 3.74. The second-order valence-electron chi connectivity index (χ2n) is 11.1. The van der Waals surface area contributed by atoms with E-state index in [1.807, 2.05) is 53.1 Å². The van der Waals surface area contributed by atoms with Gasteiger partial charge in [-0.25, -0.2) is 4.98 Å². The van der Waals surface area contributed by atoms with Gasteiger partial charge >= 0.3 is 0 Å². The van der Waals surface area contributed by atoms with Crippen LogP contribution in [0.2, 0.25) is 0 Å². The maximum absolute atomic E-state index is 5.15. The Balaban J connectivity index is 1.29. The van der Waals surface area contributed by atoms with Gasteiger partial charge in [-0.2, -0.15) is 0 Å². The summed E-state index contributed by atoms with van der Waals surface area (Å²) in [6.45, 7) is 0. The van der Waals surface area contributed by atoms with Crippen LogP contribution in [0.4, 0.5) is 0 Å². The number of rotatable bonds is 2. The molecule has 10 aromatic rings. The highest BCUT2D eigenvalue weighted by Gasteiger charge is 2.20. The number of aromatic amines is 1. The first-order valence-corrected chi connectivity index (χ1v) is 16.0. The van der Waals surface area contributed by atoms with E-state index >= 15 is 0 Å². The molecule has 0 saturated carbocycles. The van der Waals surface area contributed by atoms with Gasteiger partial charge in [0.25, 0.3) is 0 Å². The zero-order chi connectivity index (χ0) is 28.1. The highest BCUT2D eigenvalue weighted by atomic mass is 32.1. The van der Waals surface area contributed by atoms with Gasteiger partial charge in [0.05, 0.1) is 28.4 Å². The van der Waals surface area contributed by atoms with Crippen LogP contribution in [0, 0.1) is 0 Å². The molecule has 0 bridgehead atoms. The van der Waals surface area contributed by atoms with Crippen molar-refractivity contribution in [2.24, 2.45) is 0 Å². The summed E-state index contributed by atoms with van der Waals surface area (Å²) in [7, 11) is 0. The van der Waals surface area contributed by atoms with Gasteiger partial charge in [-0.15, -0.1) is 22.7 Å². The minimum atomic E-state index is 0.889. The summed E-state index contributed by atoms with van der Waals surface area (Å²) in [6.07, 6.45) is 1.93. The monoisotopic (exact) mass is 583 g/mol. The topological polar surface area (TPSA) is 41.6 Å². The number of benzene rings is 6. The summed E-state index contributed by atoms with van der Waals surface area (Å²) >= 11 is 3.72.